The van der Waals surface area contributed by atoms with Crippen molar-refractivity contribution in [2.45, 2.75) is 26.3 Å². The zero-order valence-corrected chi connectivity index (χ0v) is 18.6. The molecule has 1 heterocycles. The van der Waals surface area contributed by atoms with Crippen molar-refractivity contribution < 1.29 is 14.3 Å². The van der Waals surface area contributed by atoms with E-state index in [0.717, 1.165) is 10.0 Å². The molecule has 0 bridgehead atoms. The van der Waals surface area contributed by atoms with E-state index in [0.29, 0.717) is 29.9 Å². The number of halogens is 1. The second-order valence-corrected chi connectivity index (χ2v) is 7.62. The summed E-state index contributed by atoms with van der Waals surface area (Å²) in [5, 5.41) is 7.15. The van der Waals surface area contributed by atoms with Gasteiger partial charge >= 0.3 is 5.97 Å². The first kappa shape index (κ1) is 22.4. The highest BCUT2D eigenvalue weighted by molar-refractivity contribution is 9.10. The van der Waals surface area contributed by atoms with Crippen LogP contribution < -0.4 is 10.9 Å². The first-order valence-corrected chi connectivity index (χ1v) is 10.7. The van der Waals surface area contributed by atoms with Gasteiger partial charge in [-0.2, -0.15) is 5.10 Å². The Bertz CT molecular complexity index is 1130. The number of anilines is 1. The minimum atomic E-state index is -0.487. The first-order chi connectivity index (χ1) is 15.0. The van der Waals surface area contributed by atoms with E-state index in [2.05, 4.69) is 26.3 Å². The molecule has 1 aromatic heterocycles. The summed E-state index contributed by atoms with van der Waals surface area (Å²) in [4.78, 5) is 36.5. The lowest BCUT2D eigenvalue weighted by atomic mass is 10.1. The number of hydrogen-bond donors (Lipinski definition) is 1. The zero-order valence-electron chi connectivity index (χ0n) is 17.0. The zero-order chi connectivity index (χ0) is 22.2. The highest BCUT2D eigenvalue weighted by Gasteiger charge is 2.14. The molecule has 0 saturated heterocycles. The molecule has 0 aliphatic heterocycles. The number of ether oxygens (including phenoxy) is 1. The maximum atomic E-state index is 12.4. The molecule has 0 saturated carbocycles. The summed E-state index contributed by atoms with van der Waals surface area (Å²) in [5.74, 6) is -0.743. The van der Waals surface area contributed by atoms with Crippen molar-refractivity contribution in [2.75, 3.05) is 11.9 Å². The molecule has 0 fully saturated rings. The summed E-state index contributed by atoms with van der Waals surface area (Å²) < 4.78 is 7.33. The molecule has 160 valence electrons. The van der Waals surface area contributed by atoms with Crippen LogP contribution in [0.4, 0.5) is 5.69 Å². The van der Waals surface area contributed by atoms with E-state index in [1.165, 1.54) is 10.7 Å². The Hall–Kier alpha value is -3.26. The van der Waals surface area contributed by atoms with E-state index < -0.39 is 5.97 Å². The number of carbonyl (C=O) groups excluding carboxylic acids is 2. The Morgan fingerprint density at radius 3 is 2.55 bits per heavy atom. The Labute approximate surface area is 188 Å². The molecule has 1 amide bonds. The van der Waals surface area contributed by atoms with Crippen LogP contribution in [0.1, 0.15) is 30.1 Å². The fourth-order valence-corrected chi connectivity index (χ4v) is 3.23. The van der Waals surface area contributed by atoms with Crippen molar-refractivity contribution >= 4 is 33.5 Å². The van der Waals surface area contributed by atoms with E-state index in [1.54, 1.807) is 37.3 Å². The number of nitrogens with one attached hydrogen (secondary N) is 1. The number of carbonyl (C=O) groups is 2. The molecule has 0 unspecified atom stereocenters. The fraction of sp³-hybridized carbons (Fsp3) is 0.217. The standard InChI is InChI=1S/C23H22BrN3O4/c1-2-31-23(30)18-6-3-4-7-20(18)25-21(28)8-5-15-27-22(29)14-13-19(26-27)16-9-11-17(24)12-10-16/h3-4,6-7,9-14H,2,5,8,15H2,1H3,(H,25,28). The number of nitrogens with zero attached hydrogens (tertiary/aromatic N) is 2. The van der Waals surface area contributed by atoms with Crippen LogP contribution in [0.25, 0.3) is 11.3 Å². The molecular formula is C23H22BrN3O4. The molecule has 1 N–H and O–H groups in total. The maximum absolute atomic E-state index is 12.4. The van der Waals surface area contributed by atoms with Gasteiger partial charge in [-0.3, -0.25) is 9.59 Å². The lowest BCUT2D eigenvalue weighted by Gasteiger charge is -2.11. The van der Waals surface area contributed by atoms with E-state index in [9.17, 15) is 14.4 Å². The van der Waals surface area contributed by atoms with E-state index in [4.69, 9.17) is 4.74 Å². The number of esters is 1. The monoisotopic (exact) mass is 483 g/mol. The van der Waals surface area contributed by atoms with Crippen molar-refractivity contribution in [3.63, 3.8) is 0 Å². The van der Waals surface area contributed by atoms with Crippen molar-refractivity contribution in [3.8, 4) is 11.3 Å². The third-order valence-corrected chi connectivity index (χ3v) is 5.01. The highest BCUT2D eigenvalue weighted by Crippen LogP contribution is 2.19. The van der Waals surface area contributed by atoms with E-state index >= 15 is 0 Å². The van der Waals surface area contributed by atoms with Crippen LogP contribution in [-0.2, 0) is 16.1 Å². The van der Waals surface area contributed by atoms with Gasteiger partial charge in [0.25, 0.3) is 5.56 Å². The summed E-state index contributed by atoms with van der Waals surface area (Å²) in [5.41, 5.74) is 2.05. The number of aryl methyl sites for hydroxylation is 1. The molecule has 2 aromatic carbocycles. The van der Waals surface area contributed by atoms with Crippen molar-refractivity contribution in [1.29, 1.82) is 0 Å². The number of benzene rings is 2. The largest absolute Gasteiger partial charge is 0.462 e. The minimum absolute atomic E-state index is 0.174. The van der Waals surface area contributed by atoms with Crippen molar-refractivity contribution in [1.82, 2.24) is 9.78 Å². The van der Waals surface area contributed by atoms with Crippen LogP contribution in [0.5, 0.6) is 0 Å². The predicted molar refractivity (Wildman–Crippen MR) is 122 cm³/mol. The van der Waals surface area contributed by atoms with Crippen LogP contribution in [0.3, 0.4) is 0 Å². The molecular weight excluding hydrogens is 462 g/mol. The average Bonchev–Trinajstić information content (AvgIpc) is 2.76. The Balaban J connectivity index is 1.61. The van der Waals surface area contributed by atoms with Gasteiger partial charge in [0.2, 0.25) is 5.91 Å². The highest BCUT2D eigenvalue weighted by atomic mass is 79.9. The van der Waals surface area contributed by atoms with Gasteiger partial charge in [-0.15, -0.1) is 0 Å². The van der Waals surface area contributed by atoms with Gasteiger partial charge in [-0.1, -0.05) is 40.2 Å². The molecule has 0 aliphatic rings. The van der Waals surface area contributed by atoms with Gasteiger partial charge < -0.3 is 10.1 Å². The fourth-order valence-electron chi connectivity index (χ4n) is 2.96. The maximum Gasteiger partial charge on any atom is 0.340 e. The molecule has 7 nitrogen and oxygen atoms in total. The molecule has 0 aliphatic carbocycles. The number of para-hydroxylation sites is 1. The quantitative estimate of drug-likeness (QED) is 0.483. The molecule has 0 spiro atoms. The van der Waals surface area contributed by atoms with E-state index in [-0.39, 0.29) is 24.5 Å². The van der Waals surface area contributed by atoms with Crippen LogP contribution in [0.2, 0.25) is 0 Å². The lowest BCUT2D eigenvalue weighted by Crippen LogP contribution is -2.23. The SMILES string of the molecule is CCOC(=O)c1ccccc1NC(=O)CCCn1nc(-c2ccc(Br)cc2)ccc1=O. The Morgan fingerprint density at radius 2 is 1.81 bits per heavy atom. The smallest absolute Gasteiger partial charge is 0.340 e. The molecule has 31 heavy (non-hydrogen) atoms. The van der Waals surface area contributed by atoms with Gasteiger partial charge in [-0.25, -0.2) is 9.48 Å². The predicted octanol–water partition coefficient (Wildman–Crippen LogP) is 4.27. The van der Waals surface area contributed by atoms with Gasteiger partial charge in [0, 0.05) is 29.1 Å². The van der Waals surface area contributed by atoms with Crippen LogP contribution in [0, 0.1) is 0 Å². The minimum Gasteiger partial charge on any atom is -0.462 e. The number of aromatic nitrogens is 2. The Morgan fingerprint density at radius 1 is 1.06 bits per heavy atom. The second-order valence-electron chi connectivity index (χ2n) is 6.70. The first-order valence-electron chi connectivity index (χ1n) is 9.88. The summed E-state index contributed by atoms with van der Waals surface area (Å²) in [7, 11) is 0. The van der Waals surface area contributed by atoms with Gasteiger partial charge in [0.1, 0.15) is 0 Å². The van der Waals surface area contributed by atoms with E-state index in [1.807, 2.05) is 24.3 Å². The topological polar surface area (TPSA) is 90.3 Å². The van der Waals surface area contributed by atoms with Crippen LogP contribution >= 0.6 is 15.9 Å². The number of rotatable bonds is 8. The average molecular weight is 484 g/mol. The van der Waals surface area contributed by atoms with Gasteiger partial charge in [0.05, 0.1) is 23.6 Å². The third-order valence-electron chi connectivity index (χ3n) is 4.48. The molecule has 0 atom stereocenters. The van der Waals surface area contributed by atoms with Crippen molar-refractivity contribution in [3.05, 3.63) is 81.1 Å². The molecule has 3 aromatic rings. The van der Waals surface area contributed by atoms with Crippen LogP contribution in [-0.4, -0.2) is 28.3 Å². The summed E-state index contributed by atoms with van der Waals surface area (Å²) in [6.07, 6.45) is 0.595. The second kappa shape index (κ2) is 10.7. The lowest BCUT2D eigenvalue weighted by molar-refractivity contribution is -0.116. The summed E-state index contributed by atoms with van der Waals surface area (Å²) in [6.45, 7) is 2.28. The molecule has 0 radical (unpaired) electrons. The number of hydrogen-bond acceptors (Lipinski definition) is 5. The molecule has 8 heteroatoms. The normalized spacial score (nSPS) is 10.5. The summed E-state index contributed by atoms with van der Waals surface area (Å²) in [6, 6.07) is 17.5. The van der Waals surface area contributed by atoms with Crippen LogP contribution in [0.15, 0.2) is 69.9 Å². The van der Waals surface area contributed by atoms with Gasteiger partial charge in [0.15, 0.2) is 0 Å². The van der Waals surface area contributed by atoms with Gasteiger partial charge in [-0.05, 0) is 43.7 Å². The number of amides is 1. The van der Waals surface area contributed by atoms with Crippen molar-refractivity contribution in [2.24, 2.45) is 0 Å². The Kier molecular flexibility index (Phi) is 7.72. The summed E-state index contributed by atoms with van der Waals surface area (Å²) >= 11 is 3.40. The third kappa shape index (κ3) is 6.11. The molecule has 3 rings (SSSR count).